The lowest BCUT2D eigenvalue weighted by Gasteiger charge is -2.25. The maximum atomic E-state index is 13.6. The van der Waals surface area contributed by atoms with Gasteiger partial charge in [0.25, 0.3) is 0 Å². The number of hydrogen-bond donors (Lipinski definition) is 3. The van der Waals surface area contributed by atoms with Crippen LogP contribution < -0.4 is 11.1 Å². The van der Waals surface area contributed by atoms with Crippen molar-refractivity contribution < 1.29 is 19.5 Å². The molecule has 0 bridgehead atoms. The minimum absolute atomic E-state index is 0.0744. The number of amides is 2. The molecule has 0 radical (unpaired) electrons. The number of hydrogen-bond acceptors (Lipinski definition) is 5. The third-order valence-corrected chi connectivity index (χ3v) is 7.79. The zero-order valence-corrected chi connectivity index (χ0v) is 24.3. The second-order valence-corrected chi connectivity index (χ2v) is 11.0. The lowest BCUT2D eigenvalue weighted by Crippen LogP contribution is -2.39. The smallest absolute Gasteiger partial charge is 0.328 e. The van der Waals surface area contributed by atoms with Crippen LogP contribution in [0, 0.1) is 0 Å². The number of carbonyl (C=O) groups excluding carboxylic acids is 2. The molecule has 1 fully saturated rings. The summed E-state index contributed by atoms with van der Waals surface area (Å²) in [5.41, 5.74) is 8.04. The Hall–Kier alpha value is -3.43. The van der Waals surface area contributed by atoms with E-state index in [9.17, 15) is 19.5 Å². The SMILES string of the molecule is NC(=O)CC[C@H](N=C(c1ccccc1)c1cc(Cl)ccc1NC(=O)[C@@H]1CCCN1Cc1ccc(Cl)c(Cl)c1)C(=O)O. The Bertz CT molecular complexity index is 1470. The van der Waals surface area contributed by atoms with Gasteiger partial charge >= 0.3 is 5.97 Å². The third-order valence-electron chi connectivity index (χ3n) is 6.81. The van der Waals surface area contributed by atoms with Crippen LogP contribution in [0.25, 0.3) is 0 Å². The Morgan fingerprint density at radius 3 is 2.46 bits per heavy atom. The summed E-state index contributed by atoms with van der Waals surface area (Å²) in [6, 6.07) is 17.7. The Balaban J connectivity index is 1.66. The van der Waals surface area contributed by atoms with Crippen LogP contribution in [0.15, 0.2) is 71.7 Å². The highest BCUT2D eigenvalue weighted by Crippen LogP contribution is 2.29. The summed E-state index contributed by atoms with van der Waals surface area (Å²) in [5, 5.41) is 14.2. The van der Waals surface area contributed by atoms with E-state index in [1.165, 1.54) is 0 Å². The third kappa shape index (κ3) is 8.07. The Labute approximate surface area is 253 Å². The average molecular weight is 616 g/mol. The Morgan fingerprint density at radius 2 is 1.78 bits per heavy atom. The highest BCUT2D eigenvalue weighted by atomic mass is 35.5. The van der Waals surface area contributed by atoms with Gasteiger partial charge in [0.05, 0.1) is 27.5 Å². The van der Waals surface area contributed by atoms with Gasteiger partial charge in [-0.15, -0.1) is 0 Å². The summed E-state index contributed by atoms with van der Waals surface area (Å²) < 4.78 is 0. The lowest BCUT2D eigenvalue weighted by molar-refractivity contribution is -0.138. The fraction of sp³-hybridized carbons (Fsp3) is 0.267. The molecule has 4 N–H and O–H groups in total. The van der Waals surface area contributed by atoms with Crippen LogP contribution in [0.5, 0.6) is 0 Å². The Morgan fingerprint density at radius 1 is 1.02 bits per heavy atom. The summed E-state index contributed by atoms with van der Waals surface area (Å²) in [4.78, 5) is 43.7. The number of primary amides is 1. The number of carbonyl (C=O) groups is 3. The first kappa shape index (κ1) is 30.5. The molecule has 0 unspecified atom stereocenters. The predicted molar refractivity (Wildman–Crippen MR) is 162 cm³/mol. The van der Waals surface area contributed by atoms with Crippen molar-refractivity contribution in [3.63, 3.8) is 0 Å². The molecule has 11 heteroatoms. The quantitative estimate of drug-likeness (QED) is 0.235. The van der Waals surface area contributed by atoms with Crippen molar-refractivity contribution in [1.29, 1.82) is 0 Å². The highest BCUT2D eigenvalue weighted by Gasteiger charge is 2.31. The fourth-order valence-electron chi connectivity index (χ4n) is 4.80. The molecule has 2 amide bonds. The van der Waals surface area contributed by atoms with Crippen molar-refractivity contribution in [2.45, 2.75) is 44.3 Å². The molecule has 8 nitrogen and oxygen atoms in total. The first-order valence-electron chi connectivity index (χ1n) is 13.1. The zero-order chi connectivity index (χ0) is 29.5. The molecule has 1 heterocycles. The van der Waals surface area contributed by atoms with E-state index in [1.54, 1.807) is 54.6 Å². The van der Waals surface area contributed by atoms with Gasteiger partial charge in [-0.3, -0.25) is 19.5 Å². The fourth-order valence-corrected chi connectivity index (χ4v) is 5.29. The summed E-state index contributed by atoms with van der Waals surface area (Å²) in [6.07, 6.45) is 1.31. The molecule has 1 aliphatic rings. The van der Waals surface area contributed by atoms with Crippen molar-refractivity contribution in [2.75, 3.05) is 11.9 Å². The van der Waals surface area contributed by atoms with E-state index in [2.05, 4.69) is 15.2 Å². The first-order valence-corrected chi connectivity index (χ1v) is 14.2. The maximum Gasteiger partial charge on any atom is 0.328 e. The minimum atomic E-state index is -1.24. The highest BCUT2D eigenvalue weighted by molar-refractivity contribution is 6.42. The zero-order valence-electron chi connectivity index (χ0n) is 22.0. The van der Waals surface area contributed by atoms with Gasteiger partial charge in [-0.25, -0.2) is 4.79 Å². The van der Waals surface area contributed by atoms with E-state index in [1.807, 2.05) is 12.1 Å². The van der Waals surface area contributed by atoms with E-state index in [0.29, 0.717) is 50.6 Å². The standard InChI is InChI=1S/C30H29Cl3N4O4/c31-20-9-11-24(36-29(39)26-7-4-14-37(26)17-18-8-10-22(32)23(33)15-18)21(16-20)28(19-5-2-1-3-6-19)35-25(30(40)41)12-13-27(34)38/h1-3,5-6,8-11,15-16,25-26H,4,7,12-14,17H2,(H2,34,38)(H,36,39)(H,40,41)/t25-,26-/m0/s1. The van der Waals surface area contributed by atoms with Crippen LogP contribution in [-0.4, -0.2) is 52.1 Å². The molecule has 1 saturated heterocycles. The van der Waals surface area contributed by atoms with Gasteiger partial charge in [0, 0.05) is 29.1 Å². The van der Waals surface area contributed by atoms with E-state index in [-0.39, 0.29) is 18.7 Å². The normalized spacial score (nSPS) is 16.4. The molecule has 2 atom stereocenters. The van der Waals surface area contributed by atoms with Gasteiger partial charge in [-0.2, -0.15) is 0 Å². The van der Waals surface area contributed by atoms with Crippen molar-refractivity contribution in [2.24, 2.45) is 10.7 Å². The van der Waals surface area contributed by atoms with Crippen molar-refractivity contribution >= 4 is 64.0 Å². The number of carboxylic acids is 1. The van der Waals surface area contributed by atoms with Crippen molar-refractivity contribution in [1.82, 2.24) is 4.90 Å². The van der Waals surface area contributed by atoms with Crippen molar-refractivity contribution in [3.8, 4) is 0 Å². The number of rotatable bonds is 11. The Kier molecular flexibility index (Phi) is 10.4. The van der Waals surface area contributed by atoms with Gasteiger partial charge in [-0.05, 0) is 61.7 Å². The van der Waals surface area contributed by atoms with E-state index < -0.39 is 24.0 Å². The van der Waals surface area contributed by atoms with Gasteiger partial charge in [0.15, 0.2) is 0 Å². The second kappa shape index (κ2) is 14.0. The van der Waals surface area contributed by atoms with E-state index in [4.69, 9.17) is 40.5 Å². The number of carboxylic acid groups (broad SMARTS) is 1. The number of aliphatic carboxylic acids is 1. The van der Waals surface area contributed by atoms with Gasteiger partial charge in [0.1, 0.15) is 6.04 Å². The number of likely N-dealkylation sites (tertiary alicyclic amines) is 1. The summed E-state index contributed by atoms with van der Waals surface area (Å²) in [6.45, 7) is 1.27. The maximum absolute atomic E-state index is 13.6. The molecule has 3 aromatic rings. The molecular formula is C30H29Cl3N4O4. The number of nitrogens with one attached hydrogen (secondary N) is 1. The number of nitrogens with zero attached hydrogens (tertiary/aromatic N) is 2. The van der Waals surface area contributed by atoms with Crippen LogP contribution in [-0.2, 0) is 20.9 Å². The monoisotopic (exact) mass is 614 g/mol. The lowest BCUT2D eigenvalue weighted by atomic mass is 9.99. The molecule has 214 valence electrons. The molecule has 0 spiro atoms. The molecule has 0 saturated carbocycles. The number of benzene rings is 3. The molecule has 3 aromatic carbocycles. The number of aliphatic imine (C=N–C) groups is 1. The number of nitrogens with two attached hydrogens (primary N) is 1. The predicted octanol–water partition coefficient (Wildman–Crippen LogP) is 5.81. The summed E-state index contributed by atoms with van der Waals surface area (Å²) in [7, 11) is 0. The molecule has 4 rings (SSSR count). The van der Waals surface area contributed by atoms with Crippen molar-refractivity contribution in [3.05, 3.63) is 98.5 Å². The molecule has 0 aliphatic carbocycles. The largest absolute Gasteiger partial charge is 0.480 e. The summed E-state index contributed by atoms with van der Waals surface area (Å²) >= 11 is 18.6. The molecule has 1 aliphatic heterocycles. The van der Waals surface area contributed by atoms with Gasteiger partial charge < -0.3 is 16.2 Å². The first-order chi connectivity index (χ1) is 19.6. The van der Waals surface area contributed by atoms with Crippen LogP contribution in [0.1, 0.15) is 42.4 Å². The number of anilines is 1. The topological polar surface area (TPSA) is 125 Å². The van der Waals surface area contributed by atoms with Crippen LogP contribution in [0.4, 0.5) is 5.69 Å². The second-order valence-electron chi connectivity index (χ2n) is 9.76. The van der Waals surface area contributed by atoms with Gasteiger partial charge in [-0.1, -0.05) is 71.2 Å². The van der Waals surface area contributed by atoms with Gasteiger partial charge in [0.2, 0.25) is 11.8 Å². The molecule has 41 heavy (non-hydrogen) atoms. The van der Waals surface area contributed by atoms with E-state index >= 15 is 0 Å². The van der Waals surface area contributed by atoms with Crippen LogP contribution in [0.3, 0.4) is 0 Å². The summed E-state index contributed by atoms with van der Waals surface area (Å²) in [5.74, 6) is -2.02. The van der Waals surface area contributed by atoms with Crippen LogP contribution >= 0.6 is 34.8 Å². The van der Waals surface area contributed by atoms with E-state index in [0.717, 1.165) is 18.5 Å². The molecular weight excluding hydrogens is 587 g/mol. The van der Waals surface area contributed by atoms with Crippen LogP contribution in [0.2, 0.25) is 15.1 Å². The molecule has 0 aromatic heterocycles. The average Bonchev–Trinajstić information content (AvgIpc) is 3.40. The minimum Gasteiger partial charge on any atom is -0.480 e. The number of halogens is 3.